The van der Waals surface area contributed by atoms with Crippen LogP contribution in [0.3, 0.4) is 0 Å². The smallest absolute Gasteiger partial charge is 0.368 e. The lowest BCUT2D eigenvalue weighted by atomic mass is 10.9. The number of halogens is 1. The van der Waals surface area contributed by atoms with Crippen molar-refractivity contribution in [3.8, 4) is 0 Å². The van der Waals surface area contributed by atoms with Gasteiger partial charge in [0, 0.05) is 10.0 Å². The van der Waals surface area contributed by atoms with Gasteiger partial charge in [0.15, 0.2) is 0 Å². The molecular formula is C2H7IO5. The molecule has 0 aliphatic carbocycles. The molecule has 0 aromatic rings. The monoisotopic (exact) mass is 238 g/mol. The van der Waals surface area contributed by atoms with Gasteiger partial charge in [0.2, 0.25) is 0 Å². The van der Waals surface area contributed by atoms with Crippen LogP contribution in [-0.2, 0) is 0 Å². The first-order chi connectivity index (χ1) is 3.41. The largest absolute Gasteiger partial charge is 0.397 e. The molecule has 52 valence electrons. The van der Waals surface area contributed by atoms with Crippen LogP contribution in [0.1, 0.15) is 6.92 Å². The van der Waals surface area contributed by atoms with E-state index in [4.69, 9.17) is 18.9 Å². The molecule has 2 N–H and O–H groups in total. The van der Waals surface area contributed by atoms with Crippen molar-refractivity contribution in [1.82, 2.24) is 0 Å². The Morgan fingerprint density at radius 3 is 1.38 bits per heavy atom. The molecule has 0 bridgehead atoms. The quantitative estimate of drug-likeness (QED) is 0.407. The summed E-state index contributed by atoms with van der Waals surface area (Å²) in [4.78, 5) is 0. The van der Waals surface area contributed by atoms with Gasteiger partial charge in [-0.05, 0) is 6.92 Å². The highest BCUT2D eigenvalue weighted by atomic mass is 127. The van der Waals surface area contributed by atoms with Gasteiger partial charge in [0.25, 0.3) is 0 Å². The fraction of sp³-hybridized carbons (Fsp3) is 1.00. The van der Waals surface area contributed by atoms with Gasteiger partial charge in [-0.25, -0.2) is 0 Å². The molecule has 0 rings (SSSR count). The van der Waals surface area contributed by atoms with Gasteiger partial charge in [-0.15, -0.1) is 0 Å². The summed E-state index contributed by atoms with van der Waals surface area (Å²) in [5.41, 5.74) is 0. The number of aliphatic hydroxyl groups excluding tert-OH is 1. The standard InChI is InChI=1S/C2H6O.HIO4/c1-2-3;2-1(3,4)5/h3H,2H2,1H3;2H. The van der Waals surface area contributed by atoms with Gasteiger partial charge in [0.1, 0.15) is 0 Å². The minimum absolute atomic E-state index is 0.250. The van der Waals surface area contributed by atoms with Crippen LogP contribution in [0, 0.1) is 0 Å². The second kappa shape index (κ2) is 5.66. The van der Waals surface area contributed by atoms with E-state index in [1.54, 1.807) is 6.92 Å². The molecule has 0 aromatic heterocycles. The lowest BCUT2D eigenvalue weighted by Gasteiger charge is -1.93. The summed E-state index contributed by atoms with van der Waals surface area (Å²) in [7, 11) is 0. The fourth-order valence-electron chi connectivity index (χ4n) is 0. The second-order valence-corrected chi connectivity index (χ2v) is 2.97. The Morgan fingerprint density at radius 1 is 1.38 bits per heavy atom. The van der Waals surface area contributed by atoms with Crippen LogP contribution in [0.25, 0.3) is 0 Å². The zero-order chi connectivity index (χ0) is 7.21. The summed E-state index contributed by atoms with van der Waals surface area (Å²) in [5.74, 6) is 0. The number of rotatable bonds is 0. The molecule has 0 aliphatic rings. The maximum Gasteiger partial charge on any atom is 0.368 e. The molecule has 6 heteroatoms. The molecule has 0 fully saturated rings. The van der Waals surface area contributed by atoms with Gasteiger partial charge in [-0.3, -0.25) is 10.3 Å². The number of hydrogen-bond acceptors (Lipinski definition) is 5. The van der Waals surface area contributed by atoms with E-state index in [0.717, 1.165) is 0 Å². The highest BCUT2D eigenvalue weighted by Gasteiger charge is 2.11. The summed E-state index contributed by atoms with van der Waals surface area (Å²) >= 11 is -5.69. The van der Waals surface area contributed by atoms with Gasteiger partial charge in [-0.2, -0.15) is 0 Å². The van der Waals surface area contributed by atoms with Crippen LogP contribution in [-0.4, -0.2) is 15.1 Å². The SMILES string of the molecule is CCO.[O-][I+3]([O-])([O-])O. The summed E-state index contributed by atoms with van der Waals surface area (Å²) in [6.45, 7) is 1.93. The average molecular weight is 238 g/mol. The van der Waals surface area contributed by atoms with E-state index >= 15 is 0 Å². The molecule has 8 heavy (non-hydrogen) atoms. The second-order valence-electron chi connectivity index (χ2n) is 0.712. The van der Waals surface area contributed by atoms with Crippen LogP contribution in [0.4, 0.5) is 0 Å². The van der Waals surface area contributed by atoms with Crippen molar-refractivity contribution in [2.45, 2.75) is 6.92 Å². The van der Waals surface area contributed by atoms with E-state index in [2.05, 4.69) is 0 Å². The number of aliphatic hydroxyl groups is 1. The third-order valence-corrected chi connectivity index (χ3v) is 0. The van der Waals surface area contributed by atoms with Crippen molar-refractivity contribution < 1.29 is 38.9 Å². The molecule has 0 radical (unpaired) electrons. The van der Waals surface area contributed by atoms with E-state index in [1.165, 1.54) is 0 Å². The van der Waals surface area contributed by atoms with Crippen molar-refractivity contribution in [3.63, 3.8) is 0 Å². The molecule has 0 saturated carbocycles. The van der Waals surface area contributed by atoms with Crippen molar-refractivity contribution in [1.29, 1.82) is 0 Å². The Bertz CT molecular complexity index is 34.2. The molecule has 0 atom stereocenters. The van der Waals surface area contributed by atoms with Crippen molar-refractivity contribution >= 4 is 0 Å². The molecule has 0 aromatic carbocycles. The molecule has 0 aliphatic heterocycles. The zero-order valence-corrected chi connectivity index (χ0v) is 6.36. The Morgan fingerprint density at radius 2 is 1.38 bits per heavy atom. The maximum absolute atomic E-state index is 8.73. The third-order valence-electron chi connectivity index (χ3n) is 0. The van der Waals surface area contributed by atoms with Crippen molar-refractivity contribution in [2.24, 2.45) is 0 Å². The minimum Gasteiger partial charge on any atom is -0.397 e. The summed E-state index contributed by atoms with van der Waals surface area (Å²) in [5, 5.41) is 7.57. The van der Waals surface area contributed by atoms with E-state index < -0.39 is 20.1 Å². The first kappa shape index (κ1) is 11.3. The van der Waals surface area contributed by atoms with Gasteiger partial charge >= 0.3 is 20.1 Å². The summed E-state index contributed by atoms with van der Waals surface area (Å²) in [6, 6.07) is 0. The topological polar surface area (TPSA) is 110 Å². The van der Waals surface area contributed by atoms with Crippen LogP contribution in [0.15, 0.2) is 0 Å². The Labute approximate surface area is 52.9 Å². The van der Waals surface area contributed by atoms with Gasteiger partial charge in [-0.1, -0.05) is 0 Å². The van der Waals surface area contributed by atoms with Crippen LogP contribution >= 0.6 is 0 Å². The van der Waals surface area contributed by atoms with Crippen molar-refractivity contribution in [3.05, 3.63) is 0 Å². The molecule has 0 saturated heterocycles. The lowest BCUT2D eigenvalue weighted by molar-refractivity contribution is -1.92. The van der Waals surface area contributed by atoms with E-state index in [9.17, 15) is 0 Å². The van der Waals surface area contributed by atoms with Gasteiger partial charge in [0.05, 0.1) is 0 Å². The maximum atomic E-state index is 8.73. The summed E-state index contributed by atoms with van der Waals surface area (Å²) in [6.07, 6.45) is 0. The predicted octanol–water partition coefficient (Wildman–Crippen LogP) is -7.12. The fourth-order valence-corrected chi connectivity index (χ4v) is 0. The minimum atomic E-state index is -5.69. The normalized spacial score (nSPS) is 9.75. The first-order valence-electron chi connectivity index (χ1n) is 1.66. The third kappa shape index (κ3) is 711. The predicted molar refractivity (Wildman–Crippen MR) is 15.0 cm³/mol. The molecule has 0 spiro atoms. The van der Waals surface area contributed by atoms with Crippen LogP contribution in [0.2, 0.25) is 0 Å². The van der Waals surface area contributed by atoms with Crippen LogP contribution in [0.5, 0.6) is 0 Å². The molecule has 5 nitrogen and oxygen atoms in total. The Balaban J connectivity index is 0. The lowest BCUT2D eigenvalue weighted by Crippen LogP contribution is -4.23. The highest BCUT2D eigenvalue weighted by molar-refractivity contribution is 3.84. The first-order valence-corrected chi connectivity index (χ1v) is 5.26. The van der Waals surface area contributed by atoms with E-state index in [0.29, 0.717) is 0 Å². The molecule has 0 heterocycles. The van der Waals surface area contributed by atoms with Gasteiger partial charge < -0.3 is 5.11 Å². The summed E-state index contributed by atoms with van der Waals surface area (Å²) < 4.78 is 33.2. The van der Waals surface area contributed by atoms with E-state index in [-0.39, 0.29) is 6.61 Å². The zero-order valence-electron chi connectivity index (χ0n) is 4.20. The Hall–Kier alpha value is 0.530. The van der Waals surface area contributed by atoms with Crippen LogP contribution < -0.4 is 30.4 Å². The molecular weight excluding hydrogens is 231 g/mol. The molecule has 0 unspecified atom stereocenters. The van der Waals surface area contributed by atoms with Crippen molar-refractivity contribution in [2.75, 3.05) is 6.61 Å². The molecule has 0 amide bonds. The average Bonchev–Trinajstić information content (AvgIpc) is 1.27. The number of hydrogen-bond donors (Lipinski definition) is 2. The van der Waals surface area contributed by atoms with E-state index in [1.807, 2.05) is 0 Å². The highest BCUT2D eigenvalue weighted by Crippen LogP contribution is 1.30. The Kier molecular flexibility index (Phi) is 8.03.